The van der Waals surface area contributed by atoms with Crippen molar-refractivity contribution in [1.82, 2.24) is 0 Å². The van der Waals surface area contributed by atoms with E-state index in [1.807, 2.05) is 0 Å². The molecule has 0 heterocycles. The Morgan fingerprint density at radius 3 is 2.50 bits per heavy atom. The fourth-order valence-corrected chi connectivity index (χ4v) is 2.33. The third-order valence-electron chi connectivity index (χ3n) is 3.01. The molecule has 20 heavy (non-hydrogen) atoms. The molecular weight excluding hydrogens is 327 g/mol. The highest BCUT2D eigenvalue weighted by atomic mass is 79.9. The minimum atomic E-state index is -1.12. The molecule has 0 amide bonds. The number of ether oxygens (including phenoxy) is 2. The molecule has 2 rings (SSSR count). The minimum Gasteiger partial charge on any atom is -0.497 e. The van der Waals surface area contributed by atoms with Crippen LogP contribution in [-0.2, 0) is 0 Å². The minimum absolute atomic E-state index is 0.183. The van der Waals surface area contributed by atoms with Gasteiger partial charge in [-0.1, -0.05) is 12.1 Å². The zero-order chi connectivity index (χ0) is 14.7. The van der Waals surface area contributed by atoms with Gasteiger partial charge in [-0.3, -0.25) is 0 Å². The van der Waals surface area contributed by atoms with Gasteiger partial charge in [0.25, 0.3) is 0 Å². The summed E-state index contributed by atoms with van der Waals surface area (Å²) in [5, 5.41) is 10.4. The molecule has 1 unspecified atom stereocenters. The van der Waals surface area contributed by atoms with Crippen LogP contribution in [0.25, 0.3) is 0 Å². The largest absolute Gasteiger partial charge is 0.497 e. The van der Waals surface area contributed by atoms with E-state index in [1.165, 1.54) is 13.2 Å². The van der Waals surface area contributed by atoms with Crippen molar-refractivity contribution in [2.75, 3.05) is 14.2 Å². The van der Waals surface area contributed by atoms with Crippen molar-refractivity contribution in [1.29, 1.82) is 0 Å². The fraction of sp³-hybridized carbons (Fsp3) is 0.200. The molecule has 0 aliphatic carbocycles. The molecular formula is C15H14BrFO3. The Labute approximate surface area is 125 Å². The maximum absolute atomic E-state index is 14.0. The van der Waals surface area contributed by atoms with Gasteiger partial charge in [-0.25, -0.2) is 4.39 Å². The van der Waals surface area contributed by atoms with Gasteiger partial charge >= 0.3 is 0 Å². The third-order valence-corrected chi connectivity index (χ3v) is 3.62. The van der Waals surface area contributed by atoms with Gasteiger partial charge in [-0.2, -0.15) is 0 Å². The third kappa shape index (κ3) is 2.78. The van der Waals surface area contributed by atoms with E-state index in [-0.39, 0.29) is 5.56 Å². The summed E-state index contributed by atoms with van der Waals surface area (Å²) in [6.07, 6.45) is -1.12. The number of aliphatic hydroxyl groups excluding tert-OH is 1. The number of hydrogen-bond donors (Lipinski definition) is 1. The standard InChI is InChI=1S/C15H14BrFO3/c1-19-9-6-7-10(13(8-9)20-2)15(18)11-4-3-5-12(16)14(11)17/h3-8,15,18H,1-2H3. The van der Waals surface area contributed by atoms with Crippen molar-refractivity contribution in [3.05, 3.63) is 57.8 Å². The Morgan fingerprint density at radius 2 is 1.85 bits per heavy atom. The highest BCUT2D eigenvalue weighted by Crippen LogP contribution is 2.35. The molecule has 1 N–H and O–H groups in total. The summed E-state index contributed by atoms with van der Waals surface area (Å²) in [5.74, 6) is 0.557. The predicted octanol–water partition coefficient (Wildman–Crippen LogP) is 3.69. The second-order valence-electron chi connectivity index (χ2n) is 4.15. The first-order chi connectivity index (χ1) is 9.58. The average molecular weight is 341 g/mol. The average Bonchev–Trinajstić information content (AvgIpc) is 2.48. The van der Waals surface area contributed by atoms with Crippen LogP contribution in [0.3, 0.4) is 0 Å². The maximum Gasteiger partial charge on any atom is 0.143 e. The second-order valence-corrected chi connectivity index (χ2v) is 5.01. The van der Waals surface area contributed by atoms with Crippen molar-refractivity contribution < 1.29 is 19.0 Å². The zero-order valence-electron chi connectivity index (χ0n) is 11.1. The van der Waals surface area contributed by atoms with E-state index in [0.717, 1.165) is 0 Å². The van der Waals surface area contributed by atoms with Gasteiger partial charge in [0.15, 0.2) is 0 Å². The zero-order valence-corrected chi connectivity index (χ0v) is 12.6. The second kappa shape index (κ2) is 6.24. The van der Waals surface area contributed by atoms with Crippen LogP contribution in [0.15, 0.2) is 40.9 Å². The molecule has 3 nitrogen and oxygen atoms in total. The lowest BCUT2D eigenvalue weighted by molar-refractivity contribution is 0.209. The van der Waals surface area contributed by atoms with Crippen LogP contribution in [0.1, 0.15) is 17.2 Å². The molecule has 0 aromatic heterocycles. The van der Waals surface area contributed by atoms with Crippen molar-refractivity contribution in [3.8, 4) is 11.5 Å². The predicted molar refractivity (Wildman–Crippen MR) is 77.7 cm³/mol. The normalized spacial score (nSPS) is 12.1. The van der Waals surface area contributed by atoms with Gasteiger partial charge in [0.05, 0.1) is 18.7 Å². The van der Waals surface area contributed by atoms with Crippen LogP contribution in [0.2, 0.25) is 0 Å². The maximum atomic E-state index is 14.0. The van der Waals surface area contributed by atoms with E-state index in [1.54, 1.807) is 37.4 Å². The summed E-state index contributed by atoms with van der Waals surface area (Å²) in [4.78, 5) is 0. The van der Waals surface area contributed by atoms with Crippen LogP contribution in [-0.4, -0.2) is 19.3 Å². The van der Waals surface area contributed by atoms with Crippen molar-refractivity contribution in [2.45, 2.75) is 6.10 Å². The molecule has 0 aliphatic heterocycles. The monoisotopic (exact) mass is 340 g/mol. The molecule has 5 heteroatoms. The van der Waals surface area contributed by atoms with E-state index in [2.05, 4.69) is 15.9 Å². The van der Waals surface area contributed by atoms with Gasteiger partial charge in [0.1, 0.15) is 23.4 Å². The summed E-state index contributed by atoms with van der Waals surface area (Å²) in [5.41, 5.74) is 0.660. The van der Waals surface area contributed by atoms with Crippen LogP contribution < -0.4 is 9.47 Å². The Morgan fingerprint density at radius 1 is 1.10 bits per heavy atom. The van der Waals surface area contributed by atoms with Crippen LogP contribution in [0.5, 0.6) is 11.5 Å². The summed E-state index contributed by atoms with van der Waals surface area (Å²) in [6, 6.07) is 9.78. The number of methoxy groups -OCH3 is 2. The molecule has 2 aromatic carbocycles. The molecule has 2 aromatic rings. The Kier molecular flexibility index (Phi) is 4.62. The first-order valence-electron chi connectivity index (χ1n) is 5.92. The highest BCUT2D eigenvalue weighted by Gasteiger charge is 2.20. The number of rotatable bonds is 4. The lowest BCUT2D eigenvalue weighted by atomic mass is 10.00. The number of halogens is 2. The van der Waals surface area contributed by atoms with Crippen molar-refractivity contribution in [3.63, 3.8) is 0 Å². The summed E-state index contributed by atoms with van der Waals surface area (Å²) >= 11 is 3.11. The topological polar surface area (TPSA) is 38.7 Å². The van der Waals surface area contributed by atoms with Crippen LogP contribution in [0, 0.1) is 5.82 Å². The quantitative estimate of drug-likeness (QED) is 0.922. The van der Waals surface area contributed by atoms with E-state index in [4.69, 9.17) is 9.47 Å². The van der Waals surface area contributed by atoms with E-state index < -0.39 is 11.9 Å². The van der Waals surface area contributed by atoms with Gasteiger partial charge < -0.3 is 14.6 Å². The number of hydrogen-bond acceptors (Lipinski definition) is 3. The van der Waals surface area contributed by atoms with Crippen molar-refractivity contribution >= 4 is 15.9 Å². The summed E-state index contributed by atoms with van der Waals surface area (Å²) in [7, 11) is 3.03. The van der Waals surface area contributed by atoms with Gasteiger partial charge in [-0.05, 0) is 34.1 Å². The molecule has 0 aliphatic rings. The first-order valence-corrected chi connectivity index (χ1v) is 6.71. The molecule has 106 valence electrons. The highest BCUT2D eigenvalue weighted by molar-refractivity contribution is 9.10. The molecule has 0 saturated heterocycles. The Hall–Kier alpha value is -1.59. The van der Waals surface area contributed by atoms with Gasteiger partial charge in [0.2, 0.25) is 0 Å². The van der Waals surface area contributed by atoms with E-state index in [9.17, 15) is 9.50 Å². The molecule has 1 atom stereocenters. The lowest BCUT2D eigenvalue weighted by Gasteiger charge is -2.17. The smallest absolute Gasteiger partial charge is 0.143 e. The SMILES string of the molecule is COc1ccc(C(O)c2cccc(Br)c2F)c(OC)c1. The Bertz CT molecular complexity index is 616. The lowest BCUT2D eigenvalue weighted by Crippen LogP contribution is -2.05. The van der Waals surface area contributed by atoms with Crippen LogP contribution >= 0.6 is 15.9 Å². The van der Waals surface area contributed by atoms with Gasteiger partial charge in [-0.15, -0.1) is 0 Å². The van der Waals surface area contributed by atoms with E-state index >= 15 is 0 Å². The first kappa shape index (κ1) is 14.8. The molecule has 0 fully saturated rings. The van der Waals surface area contributed by atoms with Crippen LogP contribution in [0.4, 0.5) is 4.39 Å². The van der Waals surface area contributed by atoms with E-state index in [0.29, 0.717) is 21.5 Å². The number of benzene rings is 2. The molecule has 0 radical (unpaired) electrons. The Balaban J connectivity index is 2.47. The molecule has 0 saturated carbocycles. The van der Waals surface area contributed by atoms with Crippen molar-refractivity contribution in [2.24, 2.45) is 0 Å². The molecule has 0 bridgehead atoms. The fourth-order valence-electron chi connectivity index (χ4n) is 1.94. The summed E-state index contributed by atoms with van der Waals surface area (Å²) in [6.45, 7) is 0. The summed E-state index contributed by atoms with van der Waals surface area (Å²) < 4.78 is 24.7. The number of aliphatic hydroxyl groups is 1. The van der Waals surface area contributed by atoms with Gasteiger partial charge in [0, 0.05) is 17.2 Å². The molecule has 0 spiro atoms.